The lowest BCUT2D eigenvalue weighted by atomic mass is 10.1. The monoisotopic (exact) mass is 308 g/mol. The summed E-state index contributed by atoms with van der Waals surface area (Å²) in [5, 5.41) is 0. The average molecular weight is 309 g/mol. The minimum absolute atomic E-state index is 1.31. The number of rotatable bonds is 18. The molecule has 0 aliphatic rings. The van der Waals surface area contributed by atoms with E-state index in [4.69, 9.17) is 0 Å². The maximum absolute atomic E-state index is 2.43. The first kappa shape index (κ1) is 21.7. The topological polar surface area (TPSA) is 0 Å². The van der Waals surface area contributed by atoms with Gasteiger partial charge >= 0.3 is 0 Å². The van der Waals surface area contributed by atoms with Crippen molar-refractivity contribution in [2.75, 3.05) is 0 Å². The Morgan fingerprint density at radius 3 is 0.955 bits per heavy atom. The Bertz CT molecular complexity index is 204. The van der Waals surface area contributed by atoms with E-state index in [9.17, 15) is 0 Å². The Labute approximate surface area is 142 Å². The summed E-state index contributed by atoms with van der Waals surface area (Å²) in [6.45, 7) is 4.58. The summed E-state index contributed by atoms with van der Waals surface area (Å²) >= 11 is 0. The normalized spacial score (nSPS) is 11.5. The molecule has 0 aliphatic heterocycles. The predicted octanol–water partition coefficient (Wildman–Crippen LogP) is 8.60. The van der Waals surface area contributed by atoms with Gasteiger partial charge in [-0.15, -0.1) is 0 Å². The molecule has 0 unspecified atom stereocenters. The summed E-state index contributed by atoms with van der Waals surface area (Å²) < 4.78 is 0. The van der Waals surface area contributed by atoms with Gasteiger partial charge in [0.25, 0.3) is 0 Å². The lowest BCUT2D eigenvalue weighted by Gasteiger charge is -2.01. The molecule has 0 nitrogen and oxygen atoms in total. The van der Waals surface area contributed by atoms with E-state index in [1.165, 1.54) is 116 Å². The van der Waals surface area contributed by atoms with E-state index in [1.54, 1.807) is 0 Å². The van der Waals surface area contributed by atoms with E-state index in [-0.39, 0.29) is 0 Å². The highest BCUT2D eigenvalue weighted by atomic mass is 14.0. The highest BCUT2D eigenvalue weighted by Gasteiger charge is 1.92. The van der Waals surface area contributed by atoms with Gasteiger partial charge in [-0.2, -0.15) is 0 Å². The molecule has 22 heavy (non-hydrogen) atoms. The van der Waals surface area contributed by atoms with Crippen molar-refractivity contribution in [3.63, 3.8) is 0 Å². The zero-order valence-electron chi connectivity index (χ0n) is 15.9. The van der Waals surface area contributed by atoms with Crippen LogP contribution in [-0.4, -0.2) is 0 Å². The van der Waals surface area contributed by atoms with Crippen LogP contribution in [0.3, 0.4) is 0 Å². The molecule has 132 valence electrons. The smallest absolute Gasteiger partial charge is 0.0351 e. The molecule has 0 N–H and O–H groups in total. The molecule has 0 bridgehead atoms. The number of hydrogen-bond donors (Lipinski definition) is 0. The third kappa shape index (κ3) is 19.7. The Kier molecular flexibility index (Phi) is 20.5. The maximum Gasteiger partial charge on any atom is -0.0351 e. The van der Waals surface area contributed by atoms with Gasteiger partial charge in [-0.3, -0.25) is 0 Å². The van der Waals surface area contributed by atoms with Crippen LogP contribution in [0.25, 0.3) is 0 Å². The zero-order valence-corrected chi connectivity index (χ0v) is 15.9. The molecule has 0 rings (SSSR count). The van der Waals surface area contributed by atoms with Crippen LogP contribution in [0.1, 0.15) is 129 Å². The third-order valence-electron chi connectivity index (χ3n) is 4.62. The van der Waals surface area contributed by atoms with E-state index in [0.717, 1.165) is 0 Å². The SMILES string of the molecule is CCCCCCCC/C=C/CCCCCCCCCCCC. The molecule has 0 aromatic rings. The van der Waals surface area contributed by atoms with Gasteiger partial charge in [0.15, 0.2) is 0 Å². The predicted molar refractivity (Wildman–Crippen MR) is 104 cm³/mol. The van der Waals surface area contributed by atoms with Gasteiger partial charge in [0, 0.05) is 0 Å². The quantitative estimate of drug-likeness (QED) is 0.176. The molecule has 0 radical (unpaired) electrons. The third-order valence-corrected chi connectivity index (χ3v) is 4.62. The molecule has 0 aromatic heterocycles. The number of allylic oxidation sites excluding steroid dienone is 2. The summed E-state index contributed by atoms with van der Waals surface area (Å²) in [5.41, 5.74) is 0. The van der Waals surface area contributed by atoms with Gasteiger partial charge in [-0.25, -0.2) is 0 Å². The van der Waals surface area contributed by atoms with Gasteiger partial charge in [0.05, 0.1) is 0 Å². The number of hydrogen-bond acceptors (Lipinski definition) is 0. The number of unbranched alkanes of at least 4 members (excludes halogenated alkanes) is 16. The maximum atomic E-state index is 2.43. The minimum atomic E-state index is 1.31. The standard InChI is InChI=1S/C22H44/c1-3-5-7-9-11-13-15-17-19-21-22-20-18-16-14-12-10-8-6-4-2/h17,19H,3-16,18,20-22H2,1-2H3/b19-17+. The van der Waals surface area contributed by atoms with Crippen LogP contribution >= 0.6 is 0 Å². The summed E-state index contributed by atoms with van der Waals surface area (Å²) in [5.74, 6) is 0. The lowest BCUT2D eigenvalue weighted by Crippen LogP contribution is -1.81. The summed E-state index contributed by atoms with van der Waals surface area (Å²) in [6.07, 6.45) is 30.4. The van der Waals surface area contributed by atoms with Crippen molar-refractivity contribution in [2.24, 2.45) is 0 Å². The molecule has 0 saturated heterocycles. The molecule has 0 aromatic carbocycles. The first-order valence-electron chi connectivity index (χ1n) is 10.6. The molecule has 0 atom stereocenters. The largest absolute Gasteiger partial charge is 0.0885 e. The van der Waals surface area contributed by atoms with Crippen molar-refractivity contribution in [2.45, 2.75) is 129 Å². The van der Waals surface area contributed by atoms with Crippen LogP contribution in [-0.2, 0) is 0 Å². The lowest BCUT2D eigenvalue weighted by molar-refractivity contribution is 0.557. The first-order valence-corrected chi connectivity index (χ1v) is 10.6. The fourth-order valence-electron chi connectivity index (χ4n) is 3.03. The van der Waals surface area contributed by atoms with Crippen LogP contribution in [0.5, 0.6) is 0 Å². The molecule has 0 fully saturated rings. The highest BCUT2D eigenvalue weighted by molar-refractivity contribution is 4.81. The van der Waals surface area contributed by atoms with Crippen molar-refractivity contribution < 1.29 is 0 Å². The van der Waals surface area contributed by atoms with Gasteiger partial charge in [-0.05, 0) is 25.7 Å². The molecule has 0 amide bonds. The molecular weight excluding hydrogens is 264 g/mol. The van der Waals surface area contributed by atoms with Gasteiger partial charge in [0.2, 0.25) is 0 Å². The molecule has 0 heteroatoms. The Morgan fingerprint density at radius 1 is 0.364 bits per heavy atom. The van der Waals surface area contributed by atoms with Crippen LogP contribution in [0.15, 0.2) is 12.2 Å². The van der Waals surface area contributed by atoms with Crippen molar-refractivity contribution in [1.82, 2.24) is 0 Å². The van der Waals surface area contributed by atoms with Gasteiger partial charge < -0.3 is 0 Å². The Balaban J connectivity index is 3.02. The summed E-state index contributed by atoms with van der Waals surface area (Å²) in [6, 6.07) is 0. The van der Waals surface area contributed by atoms with Crippen molar-refractivity contribution in [3.05, 3.63) is 12.2 Å². The Morgan fingerprint density at radius 2 is 0.636 bits per heavy atom. The molecule has 0 saturated carbocycles. The van der Waals surface area contributed by atoms with Crippen molar-refractivity contribution in [3.8, 4) is 0 Å². The second-order valence-electron chi connectivity index (χ2n) is 7.00. The zero-order chi connectivity index (χ0) is 16.1. The van der Waals surface area contributed by atoms with Crippen LogP contribution in [0.4, 0.5) is 0 Å². The fraction of sp³-hybridized carbons (Fsp3) is 0.909. The molecular formula is C22H44. The van der Waals surface area contributed by atoms with Crippen molar-refractivity contribution in [1.29, 1.82) is 0 Å². The second-order valence-corrected chi connectivity index (χ2v) is 7.00. The van der Waals surface area contributed by atoms with Crippen LogP contribution < -0.4 is 0 Å². The van der Waals surface area contributed by atoms with E-state index in [2.05, 4.69) is 26.0 Å². The van der Waals surface area contributed by atoms with Crippen LogP contribution in [0.2, 0.25) is 0 Å². The van der Waals surface area contributed by atoms with E-state index >= 15 is 0 Å². The molecule has 0 heterocycles. The summed E-state index contributed by atoms with van der Waals surface area (Å²) in [7, 11) is 0. The average Bonchev–Trinajstić information content (AvgIpc) is 2.54. The van der Waals surface area contributed by atoms with Crippen molar-refractivity contribution >= 4 is 0 Å². The Hall–Kier alpha value is -0.260. The highest BCUT2D eigenvalue weighted by Crippen LogP contribution is 2.12. The van der Waals surface area contributed by atoms with E-state index < -0.39 is 0 Å². The van der Waals surface area contributed by atoms with E-state index in [0.29, 0.717) is 0 Å². The second kappa shape index (κ2) is 20.7. The summed E-state index contributed by atoms with van der Waals surface area (Å²) in [4.78, 5) is 0. The minimum Gasteiger partial charge on any atom is -0.0885 e. The molecule has 0 spiro atoms. The first-order chi connectivity index (χ1) is 10.9. The van der Waals surface area contributed by atoms with Gasteiger partial charge in [0.1, 0.15) is 0 Å². The van der Waals surface area contributed by atoms with Gasteiger partial charge in [-0.1, -0.05) is 116 Å². The molecule has 0 aliphatic carbocycles. The van der Waals surface area contributed by atoms with Crippen LogP contribution in [0, 0.1) is 0 Å². The van der Waals surface area contributed by atoms with E-state index in [1.807, 2.05) is 0 Å². The fourth-order valence-corrected chi connectivity index (χ4v) is 3.03.